The van der Waals surface area contributed by atoms with Crippen LogP contribution in [0.25, 0.3) is 0 Å². The summed E-state index contributed by atoms with van der Waals surface area (Å²) >= 11 is 0. The molecule has 1 aromatic rings. The topological polar surface area (TPSA) is 49.9 Å². The third-order valence-corrected chi connectivity index (χ3v) is 6.85. The predicted molar refractivity (Wildman–Crippen MR) is 98.9 cm³/mol. The van der Waals surface area contributed by atoms with Crippen molar-refractivity contribution in [1.82, 2.24) is 9.80 Å². The summed E-state index contributed by atoms with van der Waals surface area (Å²) in [5, 5.41) is 0. The van der Waals surface area contributed by atoms with Gasteiger partial charge >= 0.3 is 0 Å². The Morgan fingerprint density at radius 2 is 2.04 bits per heavy atom. The minimum atomic E-state index is 0.0386. The number of benzene rings is 1. The van der Waals surface area contributed by atoms with Crippen LogP contribution in [0, 0.1) is 5.41 Å². The lowest BCUT2D eigenvalue weighted by Crippen LogP contribution is -2.57. The highest BCUT2D eigenvalue weighted by molar-refractivity contribution is 5.81. The second-order valence-corrected chi connectivity index (χ2v) is 8.33. The van der Waals surface area contributed by atoms with Crippen LogP contribution >= 0.6 is 0 Å². The Morgan fingerprint density at radius 1 is 1.27 bits per heavy atom. The summed E-state index contributed by atoms with van der Waals surface area (Å²) in [7, 11) is 1.64. The molecular weight excluding hydrogens is 328 g/mol. The summed E-state index contributed by atoms with van der Waals surface area (Å²) in [6.45, 7) is 4.65. The van der Waals surface area contributed by atoms with Gasteiger partial charge in [0, 0.05) is 31.0 Å². The molecule has 0 N–H and O–H groups in total. The summed E-state index contributed by atoms with van der Waals surface area (Å²) in [5.74, 6) is 1.11. The number of hydrogen-bond donors (Lipinski definition) is 0. The fourth-order valence-electron chi connectivity index (χ4n) is 5.77. The van der Waals surface area contributed by atoms with Crippen molar-refractivity contribution in [2.24, 2.45) is 5.41 Å². The molecule has 2 amide bonds. The van der Waals surface area contributed by atoms with Crippen LogP contribution in [-0.4, -0.2) is 53.4 Å². The number of hydrogen-bond acceptors (Lipinski definition) is 3. The summed E-state index contributed by atoms with van der Waals surface area (Å²) in [5.41, 5.74) is 1.02. The van der Waals surface area contributed by atoms with Gasteiger partial charge in [-0.25, -0.2) is 0 Å². The van der Waals surface area contributed by atoms with E-state index < -0.39 is 0 Å². The molecular formula is C21H28N2O3. The number of carbonyl (C=O) groups excluding carboxylic acids is 2. The molecule has 5 heteroatoms. The van der Waals surface area contributed by atoms with Gasteiger partial charge in [-0.15, -0.1) is 0 Å². The van der Waals surface area contributed by atoms with Crippen molar-refractivity contribution in [2.45, 2.75) is 64.1 Å². The molecule has 140 valence electrons. The first-order chi connectivity index (χ1) is 12.4. The average Bonchev–Trinajstić information content (AvgIpc) is 2.91. The van der Waals surface area contributed by atoms with Crippen molar-refractivity contribution in [3.63, 3.8) is 0 Å². The minimum Gasteiger partial charge on any atom is -0.497 e. The van der Waals surface area contributed by atoms with E-state index in [1.54, 1.807) is 14.0 Å². The Morgan fingerprint density at radius 3 is 2.77 bits per heavy atom. The second-order valence-electron chi connectivity index (χ2n) is 8.33. The Kier molecular flexibility index (Phi) is 4.20. The zero-order valence-corrected chi connectivity index (χ0v) is 15.9. The highest BCUT2D eigenvalue weighted by atomic mass is 16.5. The highest BCUT2D eigenvalue weighted by Gasteiger charge is 2.61. The van der Waals surface area contributed by atoms with Gasteiger partial charge in [0.05, 0.1) is 19.6 Å². The van der Waals surface area contributed by atoms with Gasteiger partial charge in [0.2, 0.25) is 11.8 Å². The van der Waals surface area contributed by atoms with E-state index >= 15 is 0 Å². The lowest BCUT2D eigenvalue weighted by molar-refractivity contribution is -0.137. The van der Waals surface area contributed by atoms with E-state index in [4.69, 9.17) is 4.74 Å². The maximum Gasteiger partial charge on any atom is 0.227 e. The molecule has 3 aliphatic rings. The van der Waals surface area contributed by atoms with Crippen molar-refractivity contribution >= 4 is 11.8 Å². The number of likely N-dealkylation sites (tertiary alicyclic amines) is 2. The third-order valence-electron chi connectivity index (χ3n) is 6.85. The van der Waals surface area contributed by atoms with Gasteiger partial charge in [0.25, 0.3) is 0 Å². The SMILES string of the molecule is COc1cccc(CC(=O)N2[C@@H]3CN(C(C)=O)[C@@H]4CCC[C@H]2[C@]4(C)C3)c1. The molecule has 0 unspecified atom stereocenters. The third kappa shape index (κ3) is 2.60. The van der Waals surface area contributed by atoms with Gasteiger partial charge in [-0.05, 0) is 43.4 Å². The van der Waals surface area contributed by atoms with Crippen LogP contribution in [0.4, 0.5) is 0 Å². The molecule has 26 heavy (non-hydrogen) atoms. The number of piperidine rings is 1. The molecule has 4 atom stereocenters. The zero-order valence-electron chi connectivity index (χ0n) is 15.9. The molecule has 2 heterocycles. The number of nitrogens with zero attached hydrogens (tertiary/aromatic N) is 2. The van der Waals surface area contributed by atoms with Crippen LogP contribution in [0.2, 0.25) is 0 Å². The molecule has 2 bridgehead atoms. The number of amides is 2. The highest BCUT2D eigenvalue weighted by Crippen LogP contribution is 2.54. The minimum absolute atomic E-state index is 0.0386. The quantitative estimate of drug-likeness (QED) is 0.837. The van der Waals surface area contributed by atoms with Crippen molar-refractivity contribution < 1.29 is 14.3 Å². The van der Waals surface area contributed by atoms with Crippen LogP contribution in [0.5, 0.6) is 5.75 Å². The van der Waals surface area contributed by atoms with Crippen LogP contribution < -0.4 is 4.74 Å². The largest absolute Gasteiger partial charge is 0.497 e. The lowest BCUT2D eigenvalue weighted by atomic mass is 9.66. The molecule has 0 aromatic heterocycles. The van der Waals surface area contributed by atoms with E-state index in [0.717, 1.165) is 37.0 Å². The molecule has 1 aliphatic carbocycles. The van der Waals surface area contributed by atoms with E-state index in [9.17, 15) is 9.59 Å². The Bertz CT molecular complexity index is 734. The van der Waals surface area contributed by atoms with Gasteiger partial charge in [0.15, 0.2) is 0 Å². The van der Waals surface area contributed by atoms with Gasteiger partial charge in [-0.1, -0.05) is 19.1 Å². The van der Waals surface area contributed by atoms with Crippen LogP contribution in [-0.2, 0) is 16.0 Å². The fourth-order valence-corrected chi connectivity index (χ4v) is 5.77. The van der Waals surface area contributed by atoms with Gasteiger partial charge in [-0.2, -0.15) is 0 Å². The zero-order chi connectivity index (χ0) is 18.5. The number of methoxy groups -OCH3 is 1. The van der Waals surface area contributed by atoms with Crippen molar-refractivity contribution in [3.05, 3.63) is 29.8 Å². The van der Waals surface area contributed by atoms with Crippen LogP contribution in [0.3, 0.4) is 0 Å². The maximum atomic E-state index is 13.3. The van der Waals surface area contributed by atoms with Crippen molar-refractivity contribution in [2.75, 3.05) is 13.7 Å². The second kappa shape index (κ2) is 6.29. The first-order valence-electron chi connectivity index (χ1n) is 9.65. The van der Waals surface area contributed by atoms with E-state index in [0.29, 0.717) is 13.0 Å². The number of rotatable bonds is 3. The summed E-state index contributed by atoms with van der Waals surface area (Å²) < 4.78 is 5.28. The van der Waals surface area contributed by atoms with E-state index in [1.165, 1.54) is 0 Å². The van der Waals surface area contributed by atoms with Crippen molar-refractivity contribution in [3.8, 4) is 5.75 Å². The monoisotopic (exact) mass is 356 g/mol. The summed E-state index contributed by atoms with van der Waals surface area (Å²) in [6, 6.07) is 8.44. The summed E-state index contributed by atoms with van der Waals surface area (Å²) in [4.78, 5) is 29.6. The van der Waals surface area contributed by atoms with E-state index in [2.05, 4.69) is 11.8 Å². The molecule has 2 saturated heterocycles. The average molecular weight is 356 g/mol. The van der Waals surface area contributed by atoms with E-state index in [-0.39, 0.29) is 35.4 Å². The van der Waals surface area contributed by atoms with Gasteiger partial charge < -0.3 is 14.5 Å². The first-order valence-corrected chi connectivity index (χ1v) is 9.65. The van der Waals surface area contributed by atoms with Crippen LogP contribution in [0.1, 0.15) is 45.1 Å². The number of ether oxygens (including phenoxy) is 1. The van der Waals surface area contributed by atoms with Crippen LogP contribution in [0.15, 0.2) is 24.3 Å². The Balaban J connectivity index is 1.60. The number of carbonyl (C=O) groups is 2. The predicted octanol–water partition coefficient (Wildman–Crippen LogP) is 2.63. The maximum absolute atomic E-state index is 13.3. The first kappa shape index (κ1) is 17.4. The standard InChI is InChI=1S/C21H28N2O3/c1-14(24)22-13-16-12-21(2)18(22)8-5-9-19(21)23(16)20(25)11-15-6-4-7-17(10-15)26-3/h4,6-7,10,16,18-19H,5,8-9,11-13H2,1-3H3/t16-,18+,19-,21+/m0/s1. The lowest BCUT2D eigenvalue weighted by Gasteiger charge is -2.49. The summed E-state index contributed by atoms with van der Waals surface area (Å²) in [6.07, 6.45) is 4.63. The molecule has 5 nitrogen and oxygen atoms in total. The Hall–Kier alpha value is -2.04. The molecule has 1 saturated carbocycles. The van der Waals surface area contributed by atoms with Crippen molar-refractivity contribution in [1.29, 1.82) is 0 Å². The van der Waals surface area contributed by atoms with Gasteiger partial charge in [0.1, 0.15) is 5.75 Å². The fraction of sp³-hybridized carbons (Fsp3) is 0.619. The molecule has 1 aromatic carbocycles. The van der Waals surface area contributed by atoms with E-state index in [1.807, 2.05) is 29.2 Å². The normalized spacial score (nSPS) is 32.5. The molecule has 0 radical (unpaired) electrons. The molecule has 3 fully saturated rings. The smallest absolute Gasteiger partial charge is 0.227 e. The Labute approximate surface area is 155 Å². The molecule has 2 aliphatic heterocycles. The number of fused-ring (bicyclic) bond motifs is 1. The molecule has 0 spiro atoms. The van der Waals surface area contributed by atoms with Gasteiger partial charge in [-0.3, -0.25) is 9.59 Å². The molecule has 4 rings (SSSR count).